The lowest BCUT2D eigenvalue weighted by Crippen LogP contribution is -2.46. The van der Waals surface area contributed by atoms with Crippen molar-refractivity contribution >= 4 is 23.3 Å². The molecular formula is C21H26N2O4. The van der Waals surface area contributed by atoms with E-state index in [0.29, 0.717) is 11.1 Å². The number of rotatable bonds is 6. The molecule has 0 radical (unpaired) electrons. The van der Waals surface area contributed by atoms with Crippen LogP contribution in [0.3, 0.4) is 0 Å². The fourth-order valence-corrected chi connectivity index (χ4v) is 3.05. The number of carbonyl (C=O) groups is 2. The van der Waals surface area contributed by atoms with Gasteiger partial charge in [0.2, 0.25) is 5.41 Å². The van der Waals surface area contributed by atoms with Crippen molar-refractivity contribution in [2.75, 3.05) is 52.2 Å². The highest BCUT2D eigenvalue weighted by atomic mass is 16.5. The molecule has 0 spiro atoms. The van der Waals surface area contributed by atoms with Crippen molar-refractivity contribution in [3.63, 3.8) is 0 Å². The zero-order valence-electron chi connectivity index (χ0n) is 16.6. The van der Waals surface area contributed by atoms with Crippen LogP contribution in [0.5, 0.6) is 0 Å². The molecule has 0 heterocycles. The Kier molecular flexibility index (Phi) is 6.10. The van der Waals surface area contributed by atoms with E-state index in [9.17, 15) is 9.59 Å². The Labute approximate surface area is 160 Å². The molecule has 6 heteroatoms. The molecule has 2 rings (SSSR count). The molecule has 2 aromatic rings. The van der Waals surface area contributed by atoms with E-state index in [4.69, 9.17) is 9.47 Å². The number of hydrogen-bond donors (Lipinski definition) is 0. The number of benzene rings is 2. The number of esters is 2. The van der Waals surface area contributed by atoms with Gasteiger partial charge >= 0.3 is 11.9 Å². The molecular weight excluding hydrogens is 344 g/mol. The summed E-state index contributed by atoms with van der Waals surface area (Å²) in [5, 5.41) is 0. The van der Waals surface area contributed by atoms with E-state index in [0.717, 1.165) is 11.4 Å². The molecule has 0 aliphatic rings. The number of nitrogens with zero attached hydrogens (tertiary/aromatic N) is 2. The van der Waals surface area contributed by atoms with E-state index < -0.39 is 17.4 Å². The largest absolute Gasteiger partial charge is 0.468 e. The van der Waals surface area contributed by atoms with Crippen LogP contribution < -0.4 is 9.80 Å². The summed E-state index contributed by atoms with van der Waals surface area (Å²) in [6.45, 7) is 0. The molecule has 0 aliphatic carbocycles. The summed E-state index contributed by atoms with van der Waals surface area (Å²) in [6.07, 6.45) is 0. The molecule has 0 N–H and O–H groups in total. The molecule has 0 aliphatic heterocycles. The molecule has 0 bridgehead atoms. The van der Waals surface area contributed by atoms with E-state index in [-0.39, 0.29) is 0 Å². The summed E-state index contributed by atoms with van der Waals surface area (Å²) in [5.41, 5.74) is 1.18. The zero-order valence-corrected chi connectivity index (χ0v) is 16.6. The lowest BCUT2D eigenvalue weighted by Gasteiger charge is -2.30. The Bertz CT molecular complexity index is 726. The minimum Gasteiger partial charge on any atom is -0.468 e. The van der Waals surface area contributed by atoms with Crippen LogP contribution in [0.1, 0.15) is 11.1 Å². The molecule has 0 fully saturated rings. The van der Waals surface area contributed by atoms with E-state index >= 15 is 0 Å². The lowest BCUT2D eigenvalue weighted by atomic mass is 9.74. The number of hydrogen-bond acceptors (Lipinski definition) is 6. The van der Waals surface area contributed by atoms with Crippen LogP contribution in [0.2, 0.25) is 0 Å². The van der Waals surface area contributed by atoms with Crippen LogP contribution in [0, 0.1) is 0 Å². The second-order valence-electron chi connectivity index (χ2n) is 6.62. The number of anilines is 2. The van der Waals surface area contributed by atoms with Gasteiger partial charge in [-0.2, -0.15) is 0 Å². The fourth-order valence-electron chi connectivity index (χ4n) is 3.05. The summed E-state index contributed by atoms with van der Waals surface area (Å²) in [4.78, 5) is 29.7. The Hall–Kier alpha value is -3.02. The zero-order chi connectivity index (χ0) is 20.2. The van der Waals surface area contributed by atoms with E-state index in [1.54, 1.807) is 24.3 Å². The Morgan fingerprint density at radius 1 is 0.667 bits per heavy atom. The quantitative estimate of drug-likeness (QED) is 0.575. The van der Waals surface area contributed by atoms with Crippen molar-refractivity contribution < 1.29 is 19.1 Å². The van der Waals surface area contributed by atoms with Crippen LogP contribution in [0.15, 0.2) is 48.5 Å². The maximum absolute atomic E-state index is 12.9. The number of ether oxygens (including phenoxy) is 2. The highest BCUT2D eigenvalue weighted by molar-refractivity contribution is 6.10. The van der Waals surface area contributed by atoms with Gasteiger partial charge in [0, 0.05) is 39.6 Å². The summed E-state index contributed by atoms with van der Waals surface area (Å²) < 4.78 is 10.1. The normalized spacial score (nSPS) is 10.9. The minimum atomic E-state index is -1.70. The average molecular weight is 370 g/mol. The first-order valence-electron chi connectivity index (χ1n) is 8.51. The van der Waals surface area contributed by atoms with Gasteiger partial charge < -0.3 is 19.3 Å². The standard InChI is InChI=1S/C21H26N2O4/c1-22(2)17-11-7-15(8-12-17)21(19(24)26-5,20(25)27-6)16-9-13-18(14-10-16)23(3)4/h7-14H,1-6H3. The van der Waals surface area contributed by atoms with Gasteiger partial charge in [0.15, 0.2) is 0 Å². The van der Waals surface area contributed by atoms with Crippen LogP contribution >= 0.6 is 0 Å². The molecule has 27 heavy (non-hydrogen) atoms. The third kappa shape index (κ3) is 3.60. The average Bonchev–Trinajstić information content (AvgIpc) is 2.68. The summed E-state index contributed by atoms with van der Waals surface area (Å²) in [6, 6.07) is 14.4. The predicted octanol–water partition coefficient (Wildman–Crippen LogP) is 2.45. The summed E-state index contributed by atoms with van der Waals surface area (Å²) >= 11 is 0. The summed E-state index contributed by atoms with van der Waals surface area (Å²) in [5.74, 6) is -1.38. The van der Waals surface area contributed by atoms with Gasteiger partial charge in [-0.05, 0) is 35.4 Å². The van der Waals surface area contributed by atoms with Gasteiger partial charge in [0.25, 0.3) is 0 Å². The molecule has 0 amide bonds. The van der Waals surface area contributed by atoms with Gasteiger partial charge in [0.1, 0.15) is 0 Å². The topological polar surface area (TPSA) is 59.1 Å². The second-order valence-corrected chi connectivity index (χ2v) is 6.62. The third-order valence-electron chi connectivity index (χ3n) is 4.62. The van der Waals surface area contributed by atoms with Crippen molar-refractivity contribution in [3.8, 4) is 0 Å². The van der Waals surface area contributed by atoms with Crippen molar-refractivity contribution in [3.05, 3.63) is 59.7 Å². The molecule has 6 nitrogen and oxygen atoms in total. The Morgan fingerprint density at radius 3 is 1.19 bits per heavy atom. The molecule has 0 aromatic heterocycles. The van der Waals surface area contributed by atoms with Gasteiger partial charge in [-0.1, -0.05) is 24.3 Å². The summed E-state index contributed by atoms with van der Waals surface area (Å²) in [7, 11) is 10.2. The lowest BCUT2D eigenvalue weighted by molar-refractivity contribution is -0.159. The maximum atomic E-state index is 12.9. The van der Waals surface area contributed by atoms with Crippen LogP contribution in [0.4, 0.5) is 11.4 Å². The molecule has 2 aromatic carbocycles. The SMILES string of the molecule is COC(=O)C(C(=O)OC)(c1ccc(N(C)C)cc1)c1ccc(N(C)C)cc1. The van der Waals surface area contributed by atoms with Crippen LogP contribution in [0.25, 0.3) is 0 Å². The highest BCUT2D eigenvalue weighted by Gasteiger charge is 2.51. The van der Waals surface area contributed by atoms with Crippen molar-refractivity contribution in [1.82, 2.24) is 0 Å². The predicted molar refractivity (Wildman–Crippen MR) is 106 cm³/mol. The van der Waals surface area contributed by atoms with Gasteiger partial charge in [-0.25, -0.2) is 0 Å². The van der Waals surface area contributed by atoms with Crippen LogP contribution in [-0.2, 0) is 24.5 Å². The van der Waals surface area contributed by atoms with Crippen molar-refractivity contribution in [2.24, 2.45) is 0 Å². The van der Waals surface area contributed by atoms with Crippen LogP contribution in [-0.4, -0.2) is 54.3 Å². The highest BCUT2D eigenvalue weighted by Crippen LogP contribution is 2.37. The molecule has 0 atom stereocenters. The fraction of sp³-hybridized carbons (Fsp3) is 0.333. The van der Waals surface area contributed by atoms with E-state index in [1.165, 1.54) is 14.2 Å². The molecule has 144 valence electrons. The third-order valence-corrected chi connectivity index (χ3v) is 4.62. The Morgan fingerprint density at radius 2 is 0.963 bits per heavy atom. The second kappa shape index (κ2) is 8.12. The first-order valence-corrected chi connectivity index (χ1v) is 8.51. The molecule has 0 unspecified atom stereocenters. The maximum Gasteiger partial charge on any atom is 0.332 e. The molecule has 0 saturated heterocycles. The van der Waals surface area contributed by atoms with Crippen molar-refractivity contribution in [1.29, 1.82) is 0 Å². The Balaban J connectivity index is 2.73. The smallest absolute Gasteiger partial charge is 0.332 e. The first-order chi connectivity index (χ1) is 12.8. The van der Waals surface area contributed by atoms with Crippen molar-refractivity contribution in [2.45, 2.75) is 5.41 Å². The van der Waals surface area contributed by atoms with Gasteiger partial charge in [-0.3, -0.25) is 9.59 Å². The monoisotopic (exact) mass is 370 g/mol. The number of methoxy groups -OCH3 is 2. The van der Waals surface area contributed by atoms with E-state index in [2.05, 4.69) is 0 Å². The molecule has 0 saturated carbocycles. The van der Waals surface area contributed by atoms with E-state index in [1.807, 2.05) is 62.3 Å². The van der Waals surface area contributed by atoms with Gasteiger partial charge in [-0.15, -0.1) is 0 Å². The first kappa shape index (κ1) is 20.3. The van der Waals surface area contributed by atoms with Gasteiger partial charge in [0.05, 0.1) is 14.2 Å². The minimum absolute atomic E-state index is 0.490. The number of carbonyl (C=O) groups excluding carboxylic acids is 2.